The molecule has 3 rings (SSSR count). The number of phenolic OH excluding ortho intramolecular Hbond substituents is 1. The van der Waals surface area contributed by atoms with Crippen LogP contribution in [0.1, 0.15) is 33.6 Å². The number of para-hydroxylation sites is 1. The number of amides is 1. The molecular formula is C20H22N2O7S. The summed E-state index contributed by atoms with van der Waals surface area (Å²) in [5.74, 6) is -1.74. The second-order valence-electron chi connectivity index (χ2n) is 6.66. The van der Waals surface area contributed by atoms with Crippen molar-refractivity contribution in [2.24, 2.45) is 0 Å². The molecule has 30 heavy (non-hydrogen) atoms. The van der Waals surface area contributed by atoms with Gasteiger partial charge < -0.3 is 19.9 Å². The zero-order valence-electron chi connectivity index (χ0n) is 16.3. The lowest BCUT2D eigenvalue weighted by atomic mass is 10.1. The van der Waals surface area contributed by atoms with Gasteiger partial charge in [-0.1, -0.05) is 6.07 Å². The van der Waals surface area contributed by atoms with Crippen LogP contribution in [0.4, 0.5) is 5.69 Å². The van der Waals surface area contributed by atoms with Gasteiger partial charge in [0.25, 0.3) is 5.91 Å². The van der Waals surface area contributed by atoms with Crippen molar-refractivity contribution in [3.63, 3.8) is 0 Å². The first-order chi connectivity index (χ1) is 14.3. The van der Waals surface area contributed by atoms with Crippen LogP contribution in [-0.2, 0) is 19.5 Å². The highest BCUT2D eigenvalue weighted by Crippen LogP contribution is 2.28. The van der Waals surface area contributed by atoms with Gasteiger partial charge in [-0.3, -0.25) is 4.79 Å². The molecule has 0 aromatic heterocycles. The Hall–Kier alpha value is -2.95. The topological polar surface area (TPSA) is 131 Å². The Balaban J connectivity index is 1.69. The molecule has 1 atom stereocenters. The van der Waals surface area contributed by atoms with Crippen molar-refractivity contribution >= 4 is 27.6 Å². The van der Waals surface area contributed by atoms with Gasteiger partial charge in [-0.2, -0.15) is 0 Å². The van der Waals surface area contributed by atoms with Crippen molar-refractivity contribution in [1.82, 2.24) is 4.72 Å². The maximum Gasteiger partial charge on any atom is 0.341 e. The summed E-state index contributed by atoms with van der Waals surface area (Å²) in [6, 6.07) is 9.62. The van der Waals surface area contributed by atoms with Crippen LogP contribution >= 0.6 is 0 Å². The third-order valence-corrected chi connectivity index (χ3v) is 6.08. The number of phenols is 1. The summed E-state index contributed by atoms with van der Waals surface area (Å²) in [4.78, 5) is 24.1. The third kappa shape index (κ3) is 4.96. The molecule has 1 aliphatic heterocycles. The van der Waals surface area contributed by atoms with Gasteiger partial charge in [-0.15, -0.1) is 0 Å². The van der Waals surface area contributed by atoms with E-state index in [-0.39, 0.29) is 34.4 Å². The van der Waals surface area contributed by atoms with E-state index in [0.29, 0.717) is 6.61 Å². The molecule has 2 aromatic carbocycles. The summed E-state index contributed by atoms with van der Waals surface area (Å²) >= 11 is 0. The van der Waals surface area contributed by atoms with E-state index in [1.54, 1.807) is 0 Å². The Kier molecular flexibility index (Phi) is 6.70. The van der Waals surface area contributed by atoms with Gasteiger partial charge in [0.1, 0.15) is 5.56 Å². The van der Waals surface area contributed by atoms with Gasteiger partial charge in [0.2, 0.25) is 10.0 Å². The molecule has 160 valence electrons. The number of ether oxygens (including phenoxy) is 2. The number of anilines is 1. The van der Waals surface area contributed by atoms with Crippen LogP contribution in [0.5, 0.6) is 5.75 Å². The fraction of sp³-hybridized carbons (Fsp3) is 0.300. The molecule has 3 N–H and O–H groups in total. The summed E-state index contributed by atoms with van der Waals surface area (Å²) in [7, 11) is -2.55. The second-order valence-corrected chi connectivity index (χ2v) is 8.43. The number of sulfonamides is 1. The van der Waals surface area contributed by atoms with Gasteiger partial charge in [0.15, 0.2) is 5.75 Å². The SMILES string of the molecule is COC(=O)c1cccc(NC(=O)c2ccc(S(=O)(=O)NCC3CCCO3)cc2)c1O. The van der Waals surface area contributed by atoms with E-state index in [1.165, 1.54) is 49.6 Å². The summed E-state index contributed by atoms with van der Waals surface area (Å²) in [5, 5.41) is 12.7. The molecule has 10 heteroatoms. The molecule has 1 heterocycles. The zero-order valence-corrected chi connectivity index (χ0v) is 17.1. The van der Waals surface area contributed by atoms with E-state index in [2.05, 4.69) is 14.8 Å². The van der Waals surface area contributed by atoms with Gasteiger partial charge in [-0.25, -0.2) is 17.9 Å². The van der Waals surface area contributed by atoms with Crippen molar-refractivity contribution in [3.8, 4) is 5.75 Å². The average molecular weight is 434 g/mol. The summed E-state index contributed by atoms with van der Waals surface area (Å²) < 4.78 is 37.3. The lowest BCUT2D eigenvalue weighted by molar-refractivity contribution is 0.0597. The molecule has 1 saturated heterocycles. The lowest BCUT2D eigenvalue weighted by Gasteiger charge is -2.12. The quantitative estimate of drug-likeness (QED) is 0.448. The maximum atomic E-state index is 12.5. The van der Waals surface area contributed by atoms with Gasteiger partial charge in [0, 0.05) is 18.7 Å². The van der Waals surface area contributed by atoms with E-state index in [4.69, 9.17) is 4.74 Å². The van der Waals surface area contributed by atoms with Crippen LogP contribution in [0.25, 0.3) is 0 Å². The van der Waals surface area contributed by atoms with Crippen molar-refractivity contribution in [2.45, 2.75) is 23.8 Å². The van der Waals surface area contributed by atoms with E-state index in [9.17, 15) is 23.1 Å². The molecule has 0 radical (unpaired) electrons. The van der Waals surface area contributed by atoms with Crippen LogP contribution in [0.3, 0.4) is 0 Å². The molecule has 0 saturated carbocycles. The van der Waals surface area contributed by atoms with Crippen LogP contribution in [0.15, 0.2) is 47.4 Å². The third-order valence-electron chi connectivity index (χ3n) is 4.64. The van der Waals surface area contributed by atoms with Crippen molar-refractivity contribution in [3.05, 3.63) is 53.6 Å². The number of benzene rings is 2. The fourth-order valence-corrected chi connectivity index (χ4v) is 4.06. The number of carbonyl (C=O) groups excluding carboxylic acids is 2. The minimum absolute atomic E-state index is 0.0209. The molecule has 1 unspecified atom stereocenters. The van der Waals surface area contributed by atoms with E-state index in [0.717, 1.165) is 12.8 Å². The molecule has 9 nitrogen and oxygen atoms in total. The van der Waals surface area contributed by atoms with Crippen LogP contribution in [0.2, 0.25) is 0 Å². The monoisotopic (exact) mass is 434 g/mol. The highest BCUT2D eigenvalue weighted by Gasteiger charge is 2.21. The largest absolute Gasteiger partial charge is 0.505 e. The number of hydrogen-bond donors (Lipinski definition) is 3. The lowest BCUT2D eigenvalue weighted by Crippen LogP contribution is -2.31. The number of carbonyl (C=O) groups is 2. The number of hydrogen-bond acceptors (Lipinski definition) is 7. The fourth-order valence-electron chi connectivity index (χ4n) is 2.99. The Morgan fingerprint density at radius 1 is 1.20 bits per heavy atom. The van der Waals surface area contributed by atoms with Crippen molar-refractivity contribution in [1.29, 1.82) is 0 Å². The number of rotatable bonds is 7. The molecule has 0 aliphatic carbocycles. The Morgan fingerprint density at radius 2 is 1.93 bits per heavy atom. The highest BCUT2D eigenvalue weighted by atomic mass is 32.2. The normalized spacial score (nSPS) is 16.2. The first kappa shape index (κ1) is 21.8. The number of methoxy groups -OCH3 is 1. The average Bonchev–Trinajstić information content (AvgIpc) is 3.27. The van der Waals surface area contributed by atoms with E-state index in [1.807, 2.05) is 0 Å². The van der Waals surface area contributed by atoms with Crippen LogP contribution < -0.4 is 10.0 Å². The van der Waals surface area contributed by atoms with Gasteiger partial charge in [0.05, 0.1) is 23.8 Å². The highest BCUT2D eigenvalue weighted by molar-refractivity contribution is 7.89. The van der Waals surface area contributed by atoms with E-state index < -0.39 is 27.6 Å². The number of aromatic hydroxyl groups is 1. The molecule has 0 bridgehead atoms. The number of esters is 1. The van der Waals surface area contributed by atoms with E-state index >= 15 is 0 Å². The minimum atomic E-state index is -3.73. The van der Waals surface area contributed by atoms with Crippen molar-refractivity contribution < 1.29 is 32.6 Å². The Bertz CT molecular complexity index is 1030. The van der Waals surface area contributed by atoms with Gasteiger partial charge in [-0.05, 0) is 49.2 Å². The zero-order chi connectivity index (χ0) is 21.7. The molecule has 1 fully saturated rings. The Morgan fingerprint density at radius 3 is 2.57 bits per heavy atom. The Labute approximate surface area is 174 Å². The predicted octanol–water partition coefficient (Wildman–Crippen LogP) is 1.89. The smallest absolute Gasteiger partial charge is 0.341 e. The van der Waals surface area contributed by atoms with Crippen LogP contribution in [0, 0.1) is 0 Å². The van der Waals surface area contributed by atoms with Gasteiger partial charge >= 0.3 is 5.97 Å². The van der Waals surface area contributed by atoms with Crippen LogP contribution in [-0.4, -0.2) is 51.8 Å². The molecule has 0 spiro atoms. The summed E-state index contributed by atoms with van der Waals surface area (Å²) in [5.41, 5.74) is 0.114. The molecule has 1 aliphatic rings. The minimum Gasteiger partial charge on any atom is -0.505 e. The second kappa shape index (κ2) is 9.24. The van der Waals surface area contributed by atoms with Crippen molar-refractivity contribution in [2.75, 3.05) is 25.6 Å². The predicted molar refractivity (Wildman–Crippen MR) is 108 cm³/mol. The maximum absolute atomic E-state index is 12.5. The molecule has 2 aromatic rings. The standard InChI is InChI=1S/C20H22N2O7S/c1-28-20(25)16-5-2-6-17(18(16)23)22-19(24)13-7-9-15(10-8-13)30(26,27)21-12-14-4-3-11-29-14/h2,5-10,14,21,23H,3-4,11-12H2,1H3,(H,22,24). The number of nitrogens with one attached hydrogen (secondary N) is 2. The molecule has 1 amide bonds. The molecular weight excluding hydrogens is 412 g/mol. The first-order valence-electron chi connectivity index (χ1n) is 9.25. The summed E-state index contributed by atoms with van der Waals surface area (Å²) in [6.45, 7) is 0.828. The first-order valence-corrected chi connectivity index (χ1v) is 10.7. The summed E-state index contributed by atoms with van der Waals surface area (Å²) in [6.07, 6.45) is 1.60.